The molecule has 0 aliphatic carbocycles. The zero-order chi connectivity index (χ0) is 13.9. The molecule has 0 bridgehead atoms. The van der Waals surface area contributed by atoms with Gasteiger partial charge in [-0.15, -0.1) is 10.2 Å². The molecular formula is C11H7ClN8. The monoisotopic (exact) mass is 286 g/mol. The van der Waals surface area contributed by atoms with Crippen molar-refractivity contribution in [3.8, 4) is 6.07 Å². The van der Waals surface area contributed by atoms with Crippen molar-refractivity contribution in [2.24, 2.45) is 0 Å². The van der Waals surface area contributed by atoms with Gasteiger partial charge in [0.2, 0.25) is 5.82 Å². The number of nitrogens with zero attached hydrogens (tertiary/aromatic N) is 5. The summed E-state index contributed by atoms with van der Waals surface area (Å²) >= 11 is 6.05. The molecule has 3 aromatic rings. The first-order chi connectivity index (χ1) is 9.79. The third kappa shape index (κ3) is 2.06. The number of hydrogen-bond donors (Lipinski definition) is 3. The van der Waals surface area contributed by atoms with Crippen LogP contribution in [0.15, 0.2) is 24.5 Å². The Labute approximate surface area is 117 Å². The van der Waals surface area contributed by atoms with Crippen molar-refractivity contribution in [2.45, 2.75) is 0 Å². The quantitative estimate of drug-likeness (QED) is 0.631. The van der Waals surface area contributed by atoms with Crippen molar-refractivity contribution in [1.29, 1.82) is 5.26 Å². The summed E-state index contributed by atoms with van der Waals surface area (Å²) in [5.41, 5.74) is 1.73. The van der Waals surface area contributed by atoms with Crippen molar-refractivity contribution in [1.82, 2.24) is 30.8 Å². The van der Waals surface area contributed by atoms with Gasteiger partial charge in [-0.05, 0) is 17.3 Å². The van der Waals surface area contributed by atoms with Crippen LogP contribution in [-0.2, 0) is 0 Å². The average Bonchev–Trinajstić information content (AvgIpc) is 3.12. The number of nitrogens with one attached hydrogen (secondary N) is 3. The molecule has 0 unspecified atom stereocenters. The second-order valence-electron chi connectivity index (χ2n) is 3.80. The highest BCUT2D eigenvalue weighted by Crippen LogP contribution is 2.28. The summed E-state index contributed by atoms with van der Waals surface area (Å²) in [7, 11) is 0. The molecule has 2 heterocycles. The predicted molar refractivity (Wildman–Crippen MR) is 72.5 cm³/mol. The summed E-state index contributed by atoms with van der Waals surface area (Å²) in [5.74, 6) is 0.217. The van der Waals surface area contributed by atoms with Crippen LogP contribution >= 0.6 is 11.6 Å². The molecule has 0 radical (unpaired) electrons. The maximum Gasteiger partial charge on any atom is 0.216 e. The third-order valence-electron chi connectivity index (χ3n) is 2.64. The fourth-order valence-corrected chi connectivity index (χ4v) is 1.90. The Kier molecular flexibility index (Phi) is 3.02. The highest BCUT2D eigenvalue weighted by Gasteiger charge is 2.08. The Balaban J connectivity index is 1.96. The van der Waals surface area contributed by atoms with Crippen LogP contribution in [0.2, 0.25) is 5.02 Å². The van der Waals surface area contributed by atoms with Crippen molar-refractivity contribution < 1.29 is 0 Å². The third-order valence-corrected chi connectivity index (χ3v) is 2.97. The van der Waals surface area contributed by atoms with E-state index in [1.54, 1.807) is 18.3 Å². The molecule has 0 aliphatic heterocycles. The van der Waals surface area contributed by atoms with Gasteiger partial charge >= 0.3 is 0 Å². The number of benzene rings is 1. The molecule has 3 N–H and O–H groups in total. The van der Waals surface area contributed by atoms with E-state index in [4.69, 9.17) is 16.9 Å². The number of tetrazole rings is 1. The van der Waals surface area contributed by atoms with E-state index in [0.717, 1.165) is 16.6 Å². The fourth-order valence-electron chi connectivity index (χ4n) is 1.70. The standard InChI is InChI=1S/C11H7ClN8/c12-8-1-2-9(10-7(8)5-15-16-10)14-4-6(3-13)11-17-19-20-18-11/h1-2,4-5,14H,(H,15,16)(H,17,18,19,20). The van der Waals surface area contributed by atoms with E-state index < -0.39 is 0 Å². The Hall–Kier alpha value is -2.92. The van der Waals surface area contributed by atoms with E-state index in [0.29, 0.717) is 5.02 Å². The number of rotatable bonds is 3. The Morgan fingerprint density at radius 1 is 1.45 bits per heavy atom. The summed E-state index contributed by atoms with van der Waals surface area (Å²) in [5, 5.41) is 33.5. The second kappa shape index (κ2) is 4.99. The minimum Gasteiger partial charge on any atom is -0.359 e. The number of hydrogen-bond acceptors (Lipinski definition) is 6. The van der Waals surface area contributed by atoms with Gasteiger partial charge < -0.3 is 5.32 Å². The van der Waals surface area contributed by atoms with Gasteiger partial charge in [0.15, 0.2) is 0 Å². The van der Waals surface area contributed by atoms with Gasteiger partial charge in [-0.1, -0.05) is 11.6 Å². The van der Waals surface area contributed by atoms with Gasteiger partial charge in [-0.25, -0.2) is 0 Å². The summed E-state index contributed by atoms with van der Waals surface area (Å²) in [6, 6.07) is 5.52. The van der Waals surface area contributed by atoms with Crippen molar-refractivity contribution in [3.63, 3.8) is 0 Å². The maximum absolute atomic E-state index is 9.07. The molecule has 0 aliphatic rings. The Bertz CT molecular complexity index is 811. The molecule has 98 valence electrons. The number of nitriles is 1. The van der Waals surface area contributed by atoms with E-state index in [1.165, 1.54) is 6.20 Å². The van der Waals surface area contributed by atoms with E-state index in [9.17, 15) is 0 Å². The molecule has 0 saturated carbocycles. The van der Waals surface area contributed by atoms with Crippen LogP contribution in [0.4, 0.5) is 5.69 Å². The van der Waals surface area contributed by atoms with Crippen LogP contribution in [0.1, 0.15) is 5.82 Å². The highest BCUT2D eigenvalue weighted by atomic mass is 35.5. The zero-order valence-corrected chi connectivity index (χ0v) is 10.7. The minimum atomic E-state index is 0.217. The first-order valence-electron chi connectivity index (χ1n) is 5.52. The van der Waals surface area contributed by atoms with Crippen LogP contribution in [0, 0.1) is 11.3 Å². The molecule has 0 spiro atoms. The SMILES string of the molecule is N#CC(=CNc1ccc(Cl)c2cn[nH]c12)c1nn[nH]n1. The zero-order valence-electron chi connectivity index (χ0n) is 9.92. The number of fused-ring (bicyclic) bond motifs is 1. The molecule has 1 aromatic carbocycles. The van der Waals surface area contributed by atoms with E-state index in [2.05, 4.69) is 36.1 Å². The molecule has 0 amide bonds. The lowest BCUT2D eigenvalue weighted by Gasteiger charge is -2.03. The fraction of sp³-hybridized carbons (Fsp3) is 0. The number of anilines is 1. The maximum atomic E-state index is 9.07. The summed E-state index contributed by atoms with van der Waals surface area (Å²) in [6.45, 7) is 0. The number of aromatic nitrogens is 6. The summed E-state index contributed by atoms with van der Waals surface area (Å²) in [4.78, 5) is 0. The van der Waals surface area contributed by atoms with Crippen molar-refractivity contribution in [2.75, 3.05) is 5.32 Å². The molecular weight excluding hydrogens is 280 g/mol. The van der Waals surface area contributed by atoms with Crippen LogP contribution in [0.3, 0.4) is 0 Å². The number of allylic oxidation sites excluding steroid dienone is 1. The largest absolute Gasteiger partial charge is 0.359 e. The molecule has 20 heavy (non-hydrogen) atoms. The van der Waals surface area contributed by atoms with Gasteiger partial charge in [0.05, 0.1) is 22.4 Å². The normalized spacial score (nSPS) is 11.5. The molecule has 0 atom stereocenters. The van der Waals surface area contributed by atoms with Crippen molar-refractivity contribution in [3.05, 3.63) is 35.4 Å². The van der Waals surface area contributed by atoms with Gasteiger partial charge in [0.1, 0.15) is 11.6 Å². The van der Waals surface area contributed by atoms with Gasteiger partial charge in [-0.3, -0.25) is 5.10 Å². The van der Waals surface area contributed by atoms with Crippen LogP contribution in [0.25, 0.3) is 16.5 Å². The number of halogens is 1. The lowest BCUT2D eigenvalue weighted by molar-refractivity contribution is 0.881. The molecule has 9 heteroatoms. The molecule has 0 fully saturated rings. The van der Waals surface area contributed by atoms with Gasteiger partial charge in [0.25, 0.3) is 0 Å². The smallest absolute Gasteiger partial charge is 0.216 e. The Morgan fingerprint density at radius 2 is 2.35 bits per heavy atom. The van der Waals surface area contributed by atoms with Crippen LogP contribution < -0.4 is 5.32 Å². The van der Waals surface area contributed by atoms with E-state index in [1.807, 2.05) is 6.07 Å². The summed E-state index contributed by atoms with van der Waals surface area (Å²) < 4.78 is 0. The predicted octanol–water partition coefficient (Wildman–Crippen LogP) is 1.71. The lowest BCUT2D eigenvalue weighted by Crippen LogP contribution is -1.94. The number of aromatic amines is 2. The first kappa shape index (κ1) is 12.1. The molecule has 2 aromatic heterocycles. The molecule has 0 saturated heterocycles. The van der Waals surface area contributed by atoms with Crippen molar-refractivity contribution >= 4 is 33.8 Å². The lowest BCUT2D eigenvalue weighted by atomic mass is 10.2. The van der Waals surface area contributed by atoms with Crippen LogP contribution in [0.5, 0.6) is 0 Å². The Morgan fingerprint density at radius 3 is 3.10 bits per heavy atom. The second-order valence-corrected chi connectivity index (χ2v) is 4.21. The topological polar surface area (TPSA) is 119 Å². The summed E-state index contributed by atoms with van der Waals surface area (Å²) in [6.07, 6.45) is 3.13. The average molecular weight is 287 g/mol. The van der Waals surface area contributed by atoms with Gasteiger partial charge in [0, 0.05) is 11.6 Å². The van der Waals surface area contributed by atoms with Crippen LogP contribution in [-0.4, -0.2) is 30.8 Å². The highest BCUT2D eigenvalue weighted by molar-refractivity contribution is 6.35. The van der Waals surface area contributed by atoms with E-state index in [-0.39, 0.29) is 11.4 Å². The first-order valence-corrected chi connectivity index (χ1v) is 5.89. The molecule has 3 rings (SSSR count). The van der Waals surface area contributed by atoms with E-state index >= 15 is 0 Å². The molecule has 8 nitrogen and oxygen atoms in total. The minimum absolute atomic E-state index is 0.217. The number of H-pyrrole nitrogens is 2. The van der Waals surface area contributed by atoms with Gasteiger partial charge in [-0.2, -0.15) is 15.6 Å².